The van der Waals surface area contributed by atoms with Gasteiger partial charge in [-0.05, 0) is 64.0 Å². The number of nitrogens with zero attached hydrogens (tertiary/aromatic N) is 2. The Kier molecular flexibility index (Phi) is 6.99. The van der Waals surface area contributed by atoms with Crippen LogP contribution in [-0.2, 0) is 11.3 Å². The highest BCUT2D eigenvalue weighted by Crippen LogP contribution is 2.23. The molecule has 1 fully saturated rings. The molecule has 0 spiro atoms. The Balaban J connectivity index is 1.45. The Morgan fingerprint density at radius 3 is 2.47 bits per heavy atom. The zero-order chi connectivity index (χ0) is 21.7. The number of carbonyl (C=O) groups is 2. The standard InChI is InChI=1S/C22H28N4O4/c1-14-15(2)24-19(25-22(14)29)12-23-20(27)13-26-10-8-17(9-11-26)21(28)16-4-6-18(30-3)7-5-16/h4-7,17H,8-13H2,1-3H3,(H,23,27)(H,24,25,29). The number of nitrogens with one attached hydrogen (secondary N) is 2. The molecule has 2 aromatic rings. The summed E-state index contributed by atoms with van der Waals surface area (Å²) >= 11 is 0. The van der Waals surface area contributed by atoms with E-state index in [9.17, 15) is 14.4 Å². The number of H-pyrrole nitrogens is 1. The van der Waals surface area contributed by atoms with Crippen molar-refractivity contribution in [3.63, 3.8) is 0 Å². The summed E-state index contributed by atoms with van der Waals surface area (Å²) in [7, 11) is 1.60. The van der Waals surface area contributed by atoms with Crippen molar-refractivity contribution in [2.24, 2.45) is 5.92 Å². The number of aromatic amines is 1. The molecule has 0 bridgehead atoms. The fourth-order valence-electron chi connectivity index (χ4n) is 3.57. The van der Waals surface area contributed by atoms with Crippen LogP contribution >= 0.6 is 0 Å². The van der Waals surface area contributed by atoms with Crippen LogP contribution in [0.2, 0.25) is 0 Å². The maximum atomic E-state index is 12.7. The number of Topliss-reactive ketones (excluding diaryl/α,β-unsaturated/α-hetero) is 1. The summed E-state index contributed by atoms with van der Waals surface area (Å²) in [6.07, 6.45) is 1.45. The minimum atomic E-state index is -0.185. The number of aryl methyl sites for hydroxylation is 1. The normalized spacial score (nSPS) is 15.0. The van der Waals surface area contributed by atoms with Crippen LogP contribution in [0.15, 0.2) is 29.1 Å². The lowest BCUT2D eigenvalue weighted by atomic mass is 9.89. The van der Waals surface area contributed by atoms with Crippen molar-refractivity contribution in [1.82, 2.24) is 20.2 Å². The van der Waals surface area contributed by atoms with Crippen molar-refractivity contribution in [3.8, 4) is 5.75 Å². The topological polar surface area (TPSA) is 104 Å². The maximum Gasteiger partial charge on any atom is 0.254 e. The van der Waals surface area contributed by atoms with Crippen LogP contribution in [0, 0.1) is 19.8 Å². The maximum absolute atomic E-state index is 12.7. The molecule has 1 amide bonds. The van der Waals surface area contributed by atoms with Crippen LogP contribution in [0.3, 0.4) is 0 Å². The third-order valence-electron chi connectivity index (χ3n) is 5.60. The molecular weight excluding hydrogens is 384 g/mol. The molecule has 30 heavy (non-hydrogen) atoms. The summed E-state index contributed by atoms with van der Waals surface area (Å²) in [4.78, 5) is 45.8. The summed E-state index contributed by atoms with van der Waals surface area (Å²) < 4.78 is 5.13. The zero-order valence-electron chi connectivity index (χ0n) is 17.7. The van der Waals surface area contributed by atoms with Gasteiger partial charge in [0.05, 0.1) is 20.2 Å². The van der Waals surface area contributed by atoms with Crippen molar-refractivity contribution in [3.05, 3.63) is 57.3 Å². The third kappa shape index (κ3) is 5.33. The van der Waals surface area contributed by atoms with Crippen LogP contribution in [-0.4, -0.2) is 53.3 Å². The second-order valence-corrected chi connectivity index (χ2v) is 7.64. The lowest BCUT2D eigenvalue weighted by Crippen LogP contribution is -2.42. The number of likely N-dealkylation sites (tertiary alicyclic amines) is 1. The smallest absolute Gasteiger partial charge is 0.254 e. The Morgan fingerprint density at radius 1 is 1.20 bits per heavy atom. The molecule has 1 aromatic heterocycles. The summed E-state index contributed by atoms with van der Waals surface area (Å²) in [6.45, 7) is 5.32. The Hall–Kier alpha value is -3.00. The van der Waals surface area contributed by atoms with Crippen molar-refractivity contribution in [2.75, 3.05) is 26.7 Å². The van der Waals surface area contributed by atoms with Gasteiger partial charge < -0.3 is 15.0 Å². The van der Waals surface area contributed by atoms with E-state index in [1.165, 1.54) is 0 Å². The van der Waals surface area contributed by atoms with Crippen LogP contribution in [0.5, 0.6) is 5.75 Å². The minimum absolute atomic E-state index is 0.0254. The first-order chi connectivity index (χ1) is 14.4. The number of aromatic nitrogens is 2. The molecule has 1 aliphatic rings. The molecular formula is C22H28N4O4. The van der Waals surface area contributed by atoms with Crippen molar-refractivity contribution >= 4 is 11.7 Å². The van der Waals surface area contributed by atoms with E-state index in [1.54, 1.807) is 45.2 Å². The van der Waals surface area contributed by atoms with Gasteiger partial charge in [-0.2, -0.15) is 0 Å². The average molecular weight is 412 g/mol. The van der Waals surface area contributed by atoms with Crippen molar-refractivity contribution in [2.45, 2.75) is 33.2 Å². The first-order valence-electron chi connectivity index (χ1n) is 10.1. The van der Waals surface area contributed by atoms with Gasteiger partial charge in [0.1, 0.15) is 11.6 Å². The fourth-order valence-corrected chi connectivity index (χ4v) is 3.57. The largest absolute Gasteiger partial charge is 0.497 e. The third-order valence-corrected chi connectivity index (χ3v) is 5.60. The molecule has 1 aromatic carbocycles. The minimum Gasteiger partial charge on any atom is -0.497 e. The number of rotatable bonds is 7. The molecule has 0 unspecified atom stereocenters. The molecule has 2 heterocycles. The second-order valence-electron chi connectivity index (χ2n) is 7.64. The van der Waals surface area contributed by atoms with Gasteiger partial charge in [-0.25, -0.2) is 4.98 Å². The van der Waals surface area contributed by atoms with Gasteiger partial charge in [-0.15, -0.1) is 0 Å². The molecule has 0 aliphatic carbocycles. The van der Waals surface area contributed by atoms with E-state index >= 15 is 0 Å². The predicted molar refractivity (Wildman–Crippen MR) is 113 cm³/mol. The summed E-state index contributed by atoms with van der Waals surface area (Å²) in [5.41, 5.74) is 1.75. The Morgan fingerprint density at radius 2 is 1.87 bits per heavy atom. The number of amides is 1. The SMILES string of the molecule is COc1ccc(C(=O)C2CCN(CC(=O)NCc3nc(C)c(C)c(=O)[nH]3)CC2)cc1. The first-order valence-corrected chi connectivity index (χ1v) is 10.1. The van der Waals surface area contributed by atoms with Crippen molar-refractivity contribution in [1.29, 1.82) is 0 Å². The molecule has 2 N–H and O–H groups in total. The quantitative estimate of drug-likeness (QED) is 0.670. The number of ketones is 1. The molecule has 3 rings (SSSR count). The Bertz CT molecular complexity index is 960. The number of methoxy groups -OCH3 is 1. The summed E-state index contributed by atoms with van der Waals surface area (Å²) in [5, 5.41) is 2.80. The molecule has 1 saturated heterocycles. The second kappa shape index (κ2) is 9.67. The van der Waals surface area contributed by atoms with Gasteiger partial charge in [0.25, 0.3) is 5.56 Å². The van der Waals surface area contributed by atoms with Crippen molar-refractivity contribution < 1.29 is 14.3 Å². The lowest BCUT2D eigenvalue weighted by molar-refractivity contribution is -0.122. The highest BCUT2D eigenvalue weighted by Gasteiger charge is 2.26. The van der Waals surface area contributed by atoms with Gasteiger partial charge in [0.15, 0.2) is 5.78 Å². The van der Waals surface area contributed by atoms with Gasteiger partial charge in [0, 0.05) is 22.7 Å². The van der Waals surface area contributed by atoms with Crippen LogP contribution in [0.1, 0.15) is 40.3 Å². The van der Waals surface area contributed by atoms with Gasteiger partial charge in [0.2, 0.25) is 5.91 Å². The van der Waals surface area contributed by atoms with Gasteiger partial charge >= 0.3 is 0 Å². The van der Waals surface area contributed by atoms with Crippen LogP contribution in [0.25, 0.3) is 0 Å². The molecule has 8 heteroatoms. The lowest BCUT2D eigenvalue weighted by Gasteiger charge is -2.30. The molecule has 160 valence electrons. The molecule has 8 nitrogen and oxygen atoms in total. The van der Waals surface area contributed by atoms with E-state index in [-0.39, 0.29) is 36.3 Å². The monoisotopic (exact) mass is 412 g/mol. The number of carbonyl (C=O) groups excluding carboxylic acids is 2. The average Bonchev–Trinajstić information content (AvgIpc) is 2.76. The number of benzene rings is 1. The van der Waals surface area contributed by atoms with E-state index in [0.717, 1.165) is 18.6 Å². The van der Waals surface area contributed by atoms with E-state index in [0.29, 0.717) is 35.7 Å². The highest BCUT2D eigenvalue weighted by atomic mass is 16.5. The van der Waals surface area contributed by atoms with Gasteiger partial charge in [-0.1, -0.05) is 0 Å². The number of ether oxygens (including phenoxy) is 1. The Labute approximate surface area is 175 Å². The van der Waals surface area contributed by atoms with E-state index in [2.05, 4.69) is 15.3 Å². The van der Waals surface area contributed by atoms with Crippen LogP contribution < -0.4 is 15.6 Å². The molecule has 0 saturated carbocycles. The summed E-state index contributed by atoms with van der Waals surface area (Å²) in [5.74, 6) is 1.16. The molecule has 1 aliphatic heterocycles. The first kappa shape index (κ1) is 21.7. The highest BCUT2D eigenvalue weighted by molar-refractivity contribution is 5.98. The molecule has 0 atom stereocenters. The van der Waals surface area contributed by atoms with E-state index in [4.69, 9.17) is 4.74 Å². The number of hydrogen-bond acceptors (Lipinski definition) is 6. The summed E-state index contributed by atoms with van der Waals surface area (Å²) in [6, 6.07) is 7.19. The molecule has 0 radical (unpaired) electrons. The van der Waals surface area contributed by atoms with Crippen LogP contribution in [0.4, 0.5) is 0 Å². The van der Waals surface area contributed by atoms with Gasteiger partial charge in [-0.3, -0.25) is 19.3 Å². The number of piperidine rings is 1. The van der Waals surface area contributed by atoms with E-state index < -0.39 is 0 Å². The zero-order valence-corrected chi connectivity index (χ0v) is 17.7. The predicted octanol–water partition coefficient (Wildman–Crippen LogP) is 1.61. The fraction of sp³-hybridized carbons (Fsp3) is 0.455. The van der Waals surface area contributed by atoms with E-state index in [1.807, 2.05) is 4.90 Å². The number of hydrogen-bond donors (Lipinski definition) is 2.